The van der Waals surface area contributed by atoms with Gasteiger partial charge in [0, 0.05) is 5.41 Å². The van der Waals surface area contributed by atoms with Crippen molar-refractivity contribution in [3.8, 4) is 0 Å². The van der Waals surface area contributed by atoms with Gasteiger partial charge in [0.2, 0.25) is 0 Å². The summed E-state index contributed by atoms with van der Waals surface area (Å²) < 4.78 is 0. The molecular formula is C10H18O2. The van der Waals surface area contributed by atoms with Gasteiger partial charge in [-0.25, -0.2) is 4.89 Å². The maximum absolute atomic E-state index is 8.79. The van der Waals surface area contributed by atoms with Crippen molar-refractivity contribution in [2.75, 3.05) is 0 Å². The third-order valence-electron chi connectivity index (χ3n) is 4.84. The van der Waals surface area contributed by atoms with Gasteiger partial charge >= 0.3 is 0 Å². The standard InChI is InChI=1S/C10H18O2/c1-9(2)7-4-5-10(9,3)8(6-7)12-11/h7-8,11H,4-6H2,1-3H3/t7-,8?,10+/m1/s1. The highest BCUT2D eigenvalue weighted by Gasteiger charge is 2.62. The average Bonchev–Trinajstić information content (AvgIpc) is 2.34. The van der Waals surface area contributed by atoms with E-state index in [4.69, 9.17) is 5.26 Å². The summed E-state index contributed by atoms with van der Waals surface area (Å²) in [7, 11) is 0. The lowest BCUT2D eigenvalue weighted by Crippen LogP contribution is -2.36. The smallest absolute Gasteiger partial charge is 0.0988 e. The first-order chi connectivity index (χ1) is 5.52. The van der Waals surface area contributed by atoms with E-state index in [1.54, 1.807) is 0 Å². The molecule has 0 amide bonds. The van der Waals surface area contributed by atoms with Crippen LogP contribution in [0.3, 0.4) is 0 Å². The number of rotatable bonds is 1. The Morgan fingerprint density at radius 2 is 2.00 bits per heavy atom. The lowest BCUT2D eigenvalue weighted by Gasteiger charge is -2.37. The van der Waals surface area contributed by atoms with Crippen LogP contribution in [-0.4, -0.2) is 11.4 Å². The Kier molecular flexibility index (Phi) is 1.59. The lowest BCUT2D eigenvalue weighted by molar-refractivity contribution is -0.303. The van der Waals surface area contributed by atoms with Crippen LogP contribution in [0.1, 0.15) is 40.0 Å². The van der Waals surface area contributed by atoms with Crippen molar-refractivity contribution in [1.82, 2.24) is 0 Å². The molecule has 12 heavy (non-hydrogen) atoms. The molecule has 0 radical (unpaired) electrons. The zero-order valence-electron chi connectivity index (χ0n) is 8.13. The average molecular weight is 170 g/mol. The van der Waals surface area contributed by atoms with E-state index in [0.29, 0.717) is 5.41 Å². The third kappa shape index (κ3) is 0.728. The van der Waals surface area contributed by atoms with Crippen LogP contribution in [0.4, 0.5) is 0 Å². The lowest BCUT2D eigenvalue weighted by atomic mass is 9.70. The second-order valence-corrected chi connectivity index (χ2v) is 5.20. The van der Waals surface area contributed by atoms with Crippen LogP contribution in [0.25, 0.3) is 0 Å². The molecule has 0 aromatic carbocycles. The number of hydrogen-bond acceptors (Lipinski definition) is 2. The quantitative estimate of drug-likeness (QED) is 0.484. The van der Waals surface area contributed by atoms with Crippen molar-refractivity contribution in [3.63, 3.8) is 0 Å². The highest BCUT2D eigenvalue weighted by Crippen LogP contribution is 2.66. The summed E-state index contributed by atoms with van der Waals surface area (Å²) in [4.78, 5) is 4.58. The Morgan fingerprint density at radius 1 is 1.33 bits per heavy atom. The van der Waals surface area contributed by atoms with E-state index in [9.17, 15) is 0 Å². The highest BCUT2D eigenvalue weighted by atomic mass is 17.1. The van der Waals surface area contributed by atoms with E-state index < -0.39 is 0 Å². The summed E-state index contributed by atoms with van der Waals surface area (Å²) in [6, 6.07) is 0. The number of fused-ring (bicyclic) bond motifs is 2. The molecular weight excluding hydrogens is 152 g/mol. The molecule has 0 aliphatic heterocycles. The van der Waals surface area contributed by atoms with E-state index in [1.165, 1.54) is 12.8 Å². The molecule has 2 fully saturated rings. The molecule has 2 rings (SSSR count). The molecule has 2 aliphatic rings. The fourth-order valence-electron chi connectivity index (χ4n) is 3.29. The molecule has 2 aliphatic carbocycles. The van der Waals surface area contributed by atoms with Gasteiger partial charge < -0.3 is 0 Å². The molecule has 0 spiro atoms. The predicted molar refractivity (Wildman–Crippen MR) is 46.7 cm³/mol. The van der Waals surface area contributed by atoms with Crippen molar-refractivity contribution in [2.24, 2.45) is 16.7 Å². The van der Waals surface area contributed by atoms with Gasteiger partial charge in [0.15, 0.2) is 0 Å². The molecule has 0 saturated heterocycles. The molecule has 1 unspecified atom stereocenters. The Balaban J connectivity index is 2.33. The molecule has 0 heterocycles. The summed E-state index contributed by atoms with van der Waals surface area (Å²) in [5, 5.41) is 8.79. The maximum atomic E-state index is 8.79. The Morgan fingerprint density at radius 3 is 2.25 bits per heavy atom. The zero-order valence-corrected chi connectivity index (χ0v) is 8.13. The minimum Gasteiger partial charge on any atom is -0.252 e. The van der Waals surface area contributed by atoms with E-state index in [2.05, 4.69) is 25.7 Å². The first-order valence-corrected chi connectivity index (χ1v) is 4.82. The highest BCUT2D eigenvalue weighted by molar-refractivity contribution is 5.10. The van der Waals surface area contributed by atoms with Crippen LogP contribution in [0, 0.1) is 16.7 Å². The normalized spacial score (nSPS) is 50.0. The summed E-state index contributed by atoms with van der Waals surface area (Å²) in [5.41, 5.74) is 0.548. The van der Waals surface area contributed by atoms with Gasteiger partial charge in [0.05, 0.1) is 6.10 Å². The van der Waals surface area contributed by atoms with Gasteiger partial charge in [-0.3, -0.25) is 5.26 Å². The summed E-state index contributed by atoms with van der Waals surface area (Å²) in [5.74, 6) is 0.750. The van der Waals surface area contributed by atoms with E-state index >= 15 is 0 Å². The van der Waals surface area contributed by atoms with Crippen molar-refractivity contribution in [2.45, 2.75) is 46.1 Å². The fourth-order valence-corrected chi connectivity index (χ4v) is 3.29. The van der Waals surface area contributed by atoms with Crippen LogP contribution < -0.4 is 0 Å². The van der Waals surface area contributed by atoms with Crippen LogP contribution in [0.15, 0.2) is 0 Å². The van der Waals surface area contributed by atoms with Crippen LogP contribution >= 0.6 is 0 Å². The van der Waals surface area contributed by atoms with Gasteiger partial charge in [-0.05, 0) is 30.6 Å². The van der Waals surface area contributed by atoms with Gasteiger partial charge in [-0.15, -0.1) is 0 Å². The molecule has 2 saturated carbocycles. The van der Waals surface area contributed by atoms with E-state index in [-0.39, 0.29) is 11.5 Å². The van der Waals surface area contributed by atoms with Gasteiger partial charge in [-0.1, -0.05) is 20.8 Å². The van der Waals surface area contributed by atoms with Crippen molar-refractivity contribution >= 4 is 0 Å². The second-order valence-electron chi connectivity index (χ2n) is 5.20. The monoisotopic (exact) mass is 170 g/mol. The maximum Gasteiger partial charge on any atom is 0.0988 e. The van der Waals surface area contributed by atoms with Gasteiger partial charge in [0.25, 0.3) is 0 Å². The van der Waals surface area contributed by atoms with Crippen molar-refractivity contribution in [3.05, 3.63) is 0 Å². The first-order valence-electron chi connectivity index (χ1n) is 4.82. The third-order valence-corrected chi connectivity index (χ3v) is 4.84. The van der Waals surface area contributed by atoms with Crippen LogP contribution in [0.5, 0.6) is 0 Å². The number of hydrogen-bond donors (Lipinski definition) is 1. The minimum atomic E-state index is 0.0752. The summed E-state index contributed by atoms with van der Waals surface area (Å²) in [6.07, 6.45) is 3.63. The van der Waals surface area contributed by atoms with E-state index in [1.807, 2.05) is 0 Å². The van der Waals surface area contributed by atoms with Crippen LogP contribution in [-0.2, 0) is 4.89 Å². The Hall–Kier alpha value is -0.0800. The Bertz CT molecular complexity index is 200. The summed E-state index contributed by atoms with van der Waals surface area (Å²) in [6.45, 7) is 6.87. The van der Waals surface area contributed by atoms with Crippen molar-refractivity contribution in [1.29, 1.82) is 0 Å². The molecule has 2 nitrogen and oxygen atoms in total. The minimum absolute atomic E-state index is 0.0752. The predicted octanol–water partition coefficient (Wildman–Crippen LogP) is 2.69. The van der Waals surface area contributed by atoms with E-state index in [0.717, 1.165) is 12.3 Å². The molecule has 2 bridgehead atoms. The first kappa shape index (κ1) is 8.52. The Labute approximate surface area is 73.8 Å². The fraction of sp³-hybridized carbons (Fsp3) is 1.00. The van der Waals surface area contributed by atoms with Gasteiger partial charge in [0.1, 0.15) is 0 Å². The molecule has 3 atom stereocenters. The SMILES string of the molecule is CC1(C)[C@@H]2CC[C@@]1(C)C(OO)C2. The topological polar surface area (TPSA) is 29.5 Å². The summed E-state index contributed by atoms with van der Waals surface area (Å²) >= 11 is 0. The zero-order chi connectivity index (χ0) is 8.98. The molecule has 0 aromatic rings. The molecule has 70 valence electrons. The second kappa shape index (κ2) is 2.24. The van der Waals surface area contributed by atoms with Crippen molar-refractivity contribution < 1.29 is 10.1 Å². The van der Waals surface area contributed by atoms with Gasteiger partial charge in [-0.2, -0.15) is 0 Å². The molecule has 2 heteroatoms. The molecule has 0 aromatic heterocycles. The van der Waals surface area contributed by atoms with Crippen LogP contribution in [0.2, 0.25) is 0 Å². The molecule has 1 N–H and O–H groups in total. The largest absolute Gasteiger partial charge is 0.252 e.